The summed E-state index contributed by atoms with van der Waals surface area (Å²) < 4.78 is 0. The zero-order valence-electron chi connectivity index (χ0n) is 9.97. The lowest BCUT2D eigenvalue weighted by Gasteiger charge is -2.24. The lowest BCUT2D eigenvalue weighted by Crippen LogP contribution is -2.17. The lowest BCUT2D eigenvalue weighted by atomic mass is 9.82. The Kier molecular flexibility index (Phi) is 5.24. The van der Waals surface area contributed by atoms with E-state index in [2.05, 4.69) is 32.2 Å². The fraction of sp³-hybridized carbons (Fsp3) is 0.846. The maximum atomic E-state index is 3.38. The van der Waals surface area contributed by atoms with E-state index >= 15 is 0 Å². The van der Waals surface area contributed by atoms with Gasteiger partial charge in [0.1, 0.15) is 0 Å². The van der Waals surface area contributed by atoms with Crippen LogP contribution in [-0.4, -0.2) is 13.1 Å². The van der Waals surface area contributed by atoms with Crippen molar-refractivity contribution >= 4 is 0 Å². The van der Waals surface area contributed by atoms with Crippen molar-refractivity contribution in [3.05, 3.63) is 11.6 Å². The van der Waals surface area contributed by atoms with Gasteiger partial charge in [-0.2, -0.15) is 0 Å². The number of rotatable bonds is 4. The molecule has 0 heterocycles. The Morgan fingerprint density at radius 2 is 2.21 bits per heavy atom. The molecule has 1 saturated carbocycles. The monoisotopic (exact) mass is 195 g/mol. The van der Waals surface area contributed by atoms with Crippen LogP contribution in [0.2, 0.25) is 0 Å². The van der Waals surface area contributed by atoms with E-state index in [0.29, 0.717) is 0 Å². The number of nitrogens with one attached hydrogen (secondary N) is 1. The van der Waals surface area contributed by atoms with Gasteiger partial charge in [0.25, 0.3) is 0 Å². The van der Waals surface area contributed by atoms with E-state index in [1.165, 1.54) is 31.3 Å². The quantitative estimate of drug-likeness (QED) is 0.678. The summed E-state index contributed by atoms with van der Waals surface area (Å²) in [6.07, 6.45) is 8.18. The molecule has 0 radical (unpaired) electrons. The van der Waals surface area contributed by atoms with Crippen LogP contribution in [0.3, 0.4) is 0 Å². The minimum atomic E-state index is 0.859. The highest BCUT2D eigenvalue weighted by Crippen LogP contribution is 2.29. The summed E-state index contributed by atoms with van der Waals surface area (Å²) in [5.41, 5.74) is 1.52. The average molecular weight is 195 g/mol. The predicted octanol–water partition coefficient (Wildman–Crippen LogP) is 3.37. The van der Waals surface area contributed by atoms with E-state index in [9.17, 15) is 0 Å². The van der Waals surface area contributed by atoms with E-state index in [0.717, 1.165) is 24.9 Å². The number of hydrogen-bond acceptors (Lipinski definition) is 1. The summed E-state index contributed by atoms with van der Waals surface area (Å²) >= 11 is 0. The van der Waals surface area contributed by atoms with Crippen LogP contribution in [0, 0.1) is 11.8 Å². The molecule has 0 bridgehead atoms. The van der Waals surface area contributed by atoms with E-state index < -0.39 is 0 Å². The summed E-state index contributed by atoms with van der Waals surface area (Å²) in [4.78, 5) is 0. The van der Waals surface area contributed by atoms with Crippen molar-refractivity contribution in [1.29, 1.82) is 0 Å². The fourth-order valence-electron chi connectivity index (χ4n) is 2.42. The number of allylic oxidation sites excluding steroid dienone is 1. The molecule has 0 aromatic rings. The molecule has 2 atom stereocenters. The molecule has 0 aromatic heterocycles. The van der Waals surface area contributed by atoms with Crippen molar-refractivity contribution in [3.8, 4) is 0 Å². The molecule has 0 aromatic carbocycles. The third-order valence-corrected chi connectivity index (χ3v) is 3.15. The van der Waals surface area contributed by atoms with Crippen LogP contribution in [0.5, 0.6) is 0 Å². The first kappa shape index (κ1) is 11.8. The molecule has 1 N–H and O–H groups in total. The van der Waals surface area contributed by atoms with Gasteiger partial charge in [-0.1, -0.05) is 38.3 Å². The Balaban J connectivity index is 2.32. The zero-order chi connectivity index (χ0) is 10.4. The van der Waals surface area contributed by atoms with E-state index in [-0.39, 0.29) is 0 Å². The first-order valence-corrected chi connectivity index (χ1v) is 6.10. The molecule has 0 amide bonds. The highest BCUT2D eigenvalue weighted by molar-refractivity contribution is 5.03. The highest BCUT2D eigenvalue weighted by Gasteiger charge is 2.16. The molecular weight excluding hydrogens is 170 g/mol. The molecule has 0 aliphatic heterocycles. The fourth-order valence-corrected chi connectivity index (χ4v) is 2.42. The first-order valence-electron chi connectivity index (χ1n) is 6.10. The molecule has 2 unspecified atom stereocenters. The molecule has 1 aliphatic rings. The second-order valence-electron chi connectivity index (χ2n) is 4.83. The molecule has 1 rings (SSSR count). The van der Waals surface area contributed by atoms with Crippen LogP contribution in [0.4, 0.5) is 0 Å². The van der Waals surface area contributed by atoms with Crippen molar-refractivity contribution in [3.63, 3.8) is 0 Å². The molecule has 82 valence electrons. The zero-order valence-corrected chi connectivity index (χ0v) is 9.97. The van der Waals surface area contributed by atoms with Gasteiger partial charge >= 0.3 is 0 Å². The average Bonchev–Trinajstić information content (AvgIpc) is 2.15. The maximum Gasteiger partial charge on any atom is 0.0161 e. The van der Waals surface area contributed by atoms with Gasteiger partial charge in [-0.05, 0) is 38.1 Å². The lowest BCUT2D eigenvalue weighted by molar-refractivity contribution is 0.324. The van der Waals surface area contributed by atoms with Gasteiger partial charge in [0.2, 0.25) is 0 Å². The van der Waals surface area contributed by atoms with Crippen LogP contribution >= 0.6 is 0 Å². The van der Waals surface area contributed by atoms with E-state index in [4.69, 9.17) is 0 Å². The Bertz CT molecular complexity index is 184. The third kappa shape index (κ3) is 4.28. The second-order valence-corrected chi connectivity index (χ2v) is 4.83. The van der Waals surface area contributed by atoms with Gasteiger partial charge in [0.05, 0.1) is 0 Å². The minimum Gasteiger partial charge on any atom is -0.313 e. The molecule has 0 saturated heterocycles. The molecule has 1 aliphatic carbocycles. The number of likely N-dealkylation sites (N-methyl/N-ethyl adjacent to an activating group) is 1. The SMILES string of the molecule is CCNC/C(C)=C/C1CCCC(C)C1. The summed E-state index contributed by atoms with van der Waals surface area (Å²) in [7, 11) is 0. The third-order valence-electron chi connectivity index (χ3n) is 3.15. The Labute approximate surface area is 89.0 Å². The second kappa shape index (κ2) is 6.23. The van der Waals surface area contributed by atoms with Gasteiger partial charge < -0.3 is 5.32 Å². The molecule has 1 heteroatoms. The summed E-state index contributed by atoms with van der Waals surface area (Å²) in [5, 5.41) is 3.38. The Morgan fingerprint density at radius 3 is 2.86 bits per heavy atom. The van der Waals surface area contributed by atoms with Crippen LogP contribution in [0.15, 0.2) is 11.6 Å². The van der Waals surface area contributed by atoms with Crippen LogP contribution in [0.25, 0.3) is 0 Å². The largest absolute Gasteiger partial charge is 0.313 e. The van der Waals surface area contributed by atoms with Crippen LogP contribution in [0.1, 0.15) is 46.5 Å². The molecule has 1 nitrogen and oxygen atoms in total. The van der Waals surface area contributed by atoms with Gasteiger partial charge in [-0.15, -0.1) is 0 Å². The number of hydrogen-bond donors (Lipinski definition) is 1. The van der Waals surface area contributed by atoms with Crippen LogP contribution in [-0.2, 0) is 0 Å². The van der Waals surface area contributed by atoms with Crippen molar-refractivity contribution < 1.29 is 0 Å². The standard InChI is InChI=1S/C13H25N/c1-4-14-10-12(3)9-13-7-5-6-11(2)8-13/h9,11,13-14H,4-8,10H2,1-3H3/b12-9+. The molecule has 14 heavy (non-hydrogen) atoms. The molecule has 0 spiro atoms. The molecular formula is C13H25N. The van der Waals surface area contributed by atoms with Crippen molar-refractivity contribution in [2.24, 2.45) is 11.8 Å². The Hall–Kier alpha value is -0.300. The normalized spacial score (nSPS) is 29.2. The van der Waals surface area contributed by atoms with E-state index in [1.807, 2.05) is 0 Å². The minimum absolute atomic E-state index is 0.859. The maximum absolute atomic E-state index is 3.38. The highest BCUT2D eigenvalue weighted by atomic mass is 14.8. The van der Waals surface area contributed by atoms with E-state index in [1.54, 1.807) is 0 Å². The molecule has 1 fully saturated rings. The summed E-state index contributed by atoms with van der Waals surface area (Å²) in [6, 6.07) is 0. The van der Waals surface area contributed by atoms with Crippen molar-refractivity contribution in [2.45, 2.75) is 46.5 Å². The predicted molar refractivity (Wildman–Crippen MR) is 63.4 cm³/mol. The smallest absolute Gasteiger partial charge is 0.0161 e. The van der Waals surface area contributed by atoms with Crippen molar-refractivity contribution in [1.82, 2.24) is 5.32 Å². The van der Waals surface area contributed by atoms with Gasteiger partial charge in [0.15, 0.2) is 0 Å². The Morgan fingerprint density at radius 1 is 1.43 bits per heavy atom. The van der Waals surface area contributed by atoms with Gasteiger partial charge in [-0.3, -0.25) is 0 Å². The van der Waals surface area contributed by atoms with Crippen molar-refractivity contribution in [2.75, 3.05) is 13.1 Å². The topological polar surface area (TPSA) is 12.0 Å². The van der Waals surface area contributed by atoms with Crippen LogP contribution < -0.4 is 5.32 Å². The summed E-state index contributed by atoms with van der Waals surface area (Å²) in [5.74, 6) is 1.80. The van der Waals surface area contributed by atoms with Gasteiger partial charge in [0, 0.05) is 6.54 Å². The summed E-state index contributed by atoms with van der Waals surface area (Å²) in [6.45, 7) is 8.95. The first-order chi connectivity index (χ1) is 6.72. The van der Waals surface area contributed by atoms with Gasteiger partial charge in [-0.25, -0.2) is 0 Å².